The number of piperidine rings is 1. The molecule has 3 atom stereocenters. The number of hydrogen-bond acceptors (Lipinski definition) is 2. The number of halogens is 1. The van der Waals surface area contributed by atoms with Gasteiger partial charge in [-0.1, -0.05) is 30.3 Å². The Morgan fingerprint density at radius 1 is 1.12 bits per heavy atom. The molecule has 6 heteroatoms. The van der Waals surface area contributed by atoms with E-state index < -0.39 is 0 Å². The molecule has 2 amide bonds. The molecule has 1 aromatic heterocycles. The van der Waals surface area contributed by atoms with E-state index in [1.807, 2.05) is 21.8 Å². The standard InChI is InChI=1S/C27H25FN4O/c1-17-12-24-19(14-30-32(24)21-10-8-20(28)9-11-21)13-22(17)27-16-31(26(33)29-2)15-23(27)25(27)18-6-4-3-5-7-18/h3-14,23,25H,15-16H2,1-2H3,(H,29,33)/t23-,25-,27+/m0/s1. The molecule has 2 heterocycles. The van der Waals surface area contributed by atoms with E-state index in [9.17, 15) is 9.18 Å². The Kier molecular flexibility index (Phi) is 4.34. The van der Waals surface area contributed by atoms with Crippen LogP contribution in [-0.2, 0) is 5.41 Å². The zero-order valence-electron chi connectivity index (χ0n) is 18.6. The summed E-state index contributed by atoms with van der Waals surface area (Å²) in [5, 5.41) is 8.43. The summed E-state index contributed by atoms with van der Waals surface area (Å²) in [5.41, 5.74) is 5.54. The fourth-order valence-corrected chi connectivity index (χ4v) is 6.04. The number of fused-ring (bicyclic) bond motifs is 2. The molecule has 1 N–H and O–H groups in total. The van der Waals surface area contributed by atoms with Gasteiger partial charge in [0.2, 0.25) is 0 Å². The number of nitrogens with one attached hydrogen (secondary N) is 1. The molecule has 6 rings (SSSR count). The lowest BCUT2D eigenvalue weighted by molar-refractivity contribution is 0.203. The highest BCUT2D eigenvalue weighted by atomic mass is 19.1. The van der Waals surface area contributed by atoms with E-state index in [0.717, 1.165) is 23.1 Å². The number of aryl methyl sites for hydroxylation is 1. The van der Waals surface area contributed by atoms with Crippen LogP contribution in [0, 0.1) is 18.7 Å². The van der Waals surface area contributed by atoms with E-state index in [1.54, 1.807) is 19.2 Å². The van der Waals surface area contributed by atoms with Crippen LogP contribution in [0.2, 0.25) is 0 Å². The topological polar surface area (TPSA) is 50.2 Å². The minimum atomic E-state index is -0.263. The summed E-state index contributed by atoms with van der Waals surface area (Å²) in [6.45, 7) is 3.60. The molecule has 3 aromatic carbocycles. The average molecular weight is 441 g/mol. The molecule has 0 spiro atoms. The molecule has 1 aliphatic heterocycles. The van der Waals surface area contributed by atoms with Gasteiger partial charge in [-0.15, -0.1) is 0 Å². The minimum Gasteiger partial charge on any atom is -0.341 e. The molecule has 1 saturated carbocycles. The van der Waals surface area contributed by atoms with Gasteiger partial charge < -0.3 is 10.2 Å². The summed E-state index contributed by atoms with van der Waals surface area (Å²) in [5.74, 6) is 0.518. The van der Waals surface area contributed by atoms with Crippen LogP contribution >= 0.6 is 0 Å². The van der Waals surface area contributed by atoms with E-state index in [2.05, 4.69) is 53.7 Å². The van der Waals surface area contributed by atoms with Crippen LogP contribution in [0.3, 0.4) is 0 Å². The van der Waals surface area contributed by atoms with Crippen molar-refractivity contribution in [2.45, 2.75) is 18.3 Å². The molecule has 1 aliphatic carbocycles. The zero-order valence-corrected chi connectivity index (χ0v) is 18.6. The van der Waals surface area contributed by atoms with E-state index in [4.69, 9.17) is 0 Å². The van der Waals surface area contributed by atoms with Crippen LogP contribution in [0.15, 0.2) is 72.9 Å². The highest BCUT2D eigenvalue weighted by Gasteiger charge is 2.70. The Morgan fingerprint density at radius 2 is 1.88 bits per heavy atom. The lowest BCUT2D eigenvalue weighted by Gasteiger charge is -2.25. The van der Waals surface area contributed by atoms with Gasteiger partial charge >= 0.3 is 6.03 Å². The quantitative estimate of drug-likeness (QED) is 0.499. The summed E-state index contributed by atoms with van der Waals surface area (Å²) in [6.07, 6.45) is 1.87. The van der Waals surface area contributed by atoms with Crippen molar-refractivity contribution < 1.29 is 9.18 Å². The Labute approximate surface area is 191 Å². The van der Waals surface area contributed by atoms with E-state index in [0.29, 0.717) is 18.4 Å². The number of hydrogen-bond donors (Lipinski definition) is 1. The molecule has 0 radical (unpaired) electrons. The van der Waals surface area contributed by atoms with Crippen molar-refractivity contribution in [1.29, 1.82) is 0 Å². The highest BCUT2D eigenvalue weighted by molar-refractivity contribution is 5.83. The maximum Gasteiger partial charge on any atom is 0.317 e. The number of nitrogens with zero attached hydrogens (tertiary/aromatic N) is 3. The van der Waals surface area contributed by atoms with Crippen molar-refractivity contribution >= 4 is 16.9 Å². The average Bonchev–Trinajstić information content (AvgIpc) is 3.11. The van der Waals surface area contributed by atoms with Crippen LogP contribution in [-0.4, -0.2) is 40.8 Å². The van der Waals surface area contributed by atoms with Crippen molar-refractivity contribution in [3.8, 4) is 5.69 Å². The first-order valence-electron chi connectivity index (χ1n) is 11.3. The first-order chi connectivity index (χ1) is 16.0. The predicted molar refractivity (Wildman–Crippen MR) is 126 cm³/mol. The van der Waals surface area contributed by atoms with Crippen molar-refractivity contribution in [2.75, 3.05) is 20.1 Å². The lowest BCUT2D eigenvalue weighted by Crippen LogP contribution is -2.40. The largest absolute Gasteiger partial charge is 0.341 e. The summed E-state index contributed by atoms with van der Waals surface area (Å²) in [6, 6.07) is 21.4. The smallest absolute Gasteiger partial charge is 0.317 e. The molecule has 5 nitrogen and oxygen atoms in total. The molecule has 4 aromatic rings. The van der Waals surface area contributed by atoms with Gasteiger partial charge in [-0.05, 0) is 65.9 Å². The second kappa shape index (κ2) is 7.17. The van der Waals surface area contributed by atoms with Gasteiger partial charge in [-0.2, -0.15) is 5.10 Å². The maximum absolute atomic E-state index is 13.4. The second-order valence-electron chi connectivity index (χ2n) is 9.23. The molecule has 0 unspecified atom stereocenters. The van der Waals surface area contributed by atoms with Crippen LogP contribution in [0.1, 0.15) is 22.6 Å². The molecular weight excluding hydrogens is 415 g/mol. The van der Waals surface area contributed by atoms with E-state index in [1.165, 1.54) is 28.8 Å². The Balaban J connectivity index is 1.45. The Morgan fingerprint density at radius 3 is 2.61 bits per heavy atom. The number of urea groups is 1. The number of carbonyl (C=O) groups is 1. The Bertz CT molecular complexity index is 1360. The third kappa shape index (κ3) is 2.90. The fourth-order valence-electron chi connectivity index (χ4n) is 6.04. The van der Waals surface area contributed by atoms with E-state index >= 15 is 0 Å². The maximum atomic E-state index is 13.4. The molecule has 33 heavy (non-hydrogen) atoms. The molecule has 2 aliphatic rings. The summed E-state index contributed by atoms with van der Waals surface area (Å²) >= 11 is 0. The number of benzene rings is 3. The van der Waals surface area contributed by atoms with Crippen LogP contribution in [0.25, 0.3) is 16.6 Å². The van der Waals surface area contributed by atoms with Crippen molar-refractivity contribution in [3.05, 3.63) is 95.4 Å². The first-order valence-corrected chi connectivity index (χ1v) is 11.3. The van der Waals surface area contributed by atoms with Gasteiger partial charge in [0, 0.05) is 36.9 Å². The second-order valence-corrected chi connectivity index (χ2v) is 9.23. The molecule has 2 fully saturated rings. The van der Waals surface area contributed by atoms with Crippen molar-refractivity contribution in [3.63, 3.8) is 0 Å². The number of aromatic nitrogens is 2. The SMILES string of the molecule is CNC(=O)N1C[C@H]2[C@H](c3ccccc3)[C@@]2(c2cc3cnn(-c4ccc(F)cc4)c3cc2C)C1. The molecule has 1 saturated heterocycles. The lowest BCUT2D eigenvalue weighted by atomic mass is 9.86. The number of rotatable bonds is 3. The third-order valence-corrected chi connectivity index (χ3v) is 7.53. The predicted octanol–water partition coefficient (Wildman–Crippen LogP) is 4.78. The molecular formula is C27H25FN4O. The Hall–Kier alpha value is -3.67. The summed E-state index contributed by atoms with van der Waals surface area (Å²) in [7, 11) is 1.69. The summed E-state index contributed by atoms with van der Waals surface area (Å²) < 4.78 is 15.3. The number of amides is 2. The van der Waals surface area contributed by atoms with Crippen LogP contribution in [0.4, 0.5) is 9.18 Å². The monoisotopic (exact) mass is 440 g/mol. The molecule has 0 bridgehead atoms. The van der Waals surface area contributed by atoms with Gasteiger partial charge in [0.25, 0.3) is 0 Å². The fraction of sp³-hybridized carbons (Fsp3) is 0.259. The van der Waals surface area contributed by atoms with E-state index in [-0.39, 0.29) is 17.3 Å². The normalized spacial score (nSPS) is 23.5. The van der Waals surface area contributed by atoms with Gasteiger partial charge in [0.05, 0.1) is 17.4 Å². The van der Waals surface area contributed by atoms with Crippen LogP contribution in [0.5, 0.6) is 0 Å². The highest BCUT2D eigenvalue weighted by Crippen LogP contribution is 2.69. The van der Waals surface area contributed by atoms with Gasteiger partial charge in [-0.3, -0.25) is 0 Å². The van der Waals surface area contributed by atoms with Crippen molar-refractivity contribution in [2.24, 2.45) is 5.92 Å². The zero-order chi connectivity index (χ0) is 22.7. The summed E-state index contributed by atoms with van der Waals surface area (Å²) in [4.78, 5) is 14.4. The van der Waals surface area contributed by atoms with Gasteiger partial charge in [0.15, 0.2) is 0 Å². The number of likely N-dealkylation sites (tertiary alicyclic amines) is 1. The van der Waals surface area contributed by atoms with Crippen molar-refractivity contribution in [1.82, 2.24) is 20.0 Å². The van der Waals surface area contributed by atoms with Gasteiger partial charge in [0.1, 0.15) is 5.82 Å². The number of carbonyl (C=O) groups excluding carboxylic acids is 1. The minimum absolute atomic E-state index is 0.0174. The van der Waals surface area contributed by atoms with Crippen LogP contribution < -0.4 is 5.32 Å². The van der Waals surface area contributed by atoms with Gasteiger partial charge in [-0.25, -0.2) is 13.9 Å². The third-order valence-electron chi connectivity index (χ3n) is 7.53. The molecule has 166 valence electrons. The first kappa shape index (κ1) is 20.0.